The van der Waals surface area contributed by atoms with E-state index in [4.69, 9.17) is 4.74 Å². The summed E-state index contributed by atoms with van der Waals surface area (Å²) in [6.07, 6.45) is 6.25. The van der Waals surface area contributed by atoms with E-state index < -0.39 is 17.4 Å². The summed E-state index contributed by atoms with van der Waals surface area (Å²) in [7, 11) is 0. The Balaban J connectivity index is 1.25. The highest BCUT2D eigenvalue weighted by molar-refractivity contribution is 5.93. The standard InChI is InChI=1S/C24H26N4O3/c1-14-3-4-16(9-15(14)2)11-28-13-24-7-5-19(31-24)20(21(24)23(28)30)22(29)27-8-6-18-17(12-27)10-25-26-18/h3-5,7,9-10,19-21H,6,8,11-13H2,1-2H3,(H,25,26)/t19-,20-,21-,24-/m0/s1. The number of aromatic nitrogens is 2. The number of fused-ring (bicyclic) bond motifs is 2. The highest BCUT2D eigenvalue weighted by Gasteiger charge is 2.67. The Kier molecular flexibility index (Phi) is 3.96. The zero-order chi connectivity index (χ0) is 21.3. The Bertz CT molecular complexity index is 1120. The summed E-state index contributed by atoms with van der Waals surface area (Å²) in [5.41, 5.74) is 5.06. The molecule has 2 bridgehead atoms. The van der Waals surface area contributed by atoms with Gasteiger partial charge in [-0.1, -0.05) is 30.4 Å². The molecule has 0 aliphatic carbocycles. The first kappa shape index (κ1) is 18.8. The number of rotatable bonds is 3. The van der Waals surface area contributed by atoms with E-state index in [1.54, 1.807) is 6.20 Å². The van der Waals surface area contributed by atoms with Crippen LogP contribution in [0.3, 0.4) is 0 Å². The van der Waals surface area contributed by atoms with Crippen LogP contribution in [0.25, 0.3) is 0 Å². The first-order valence-corrected chi connectivity index (χ1v) is 11.0. The second-order valence-electron chi connectivity index (χ2n) is 9.40. The van der Waals surface area contributed by atoms with E-state index in [-0.39, 0.29) is 17.9 Å². The molecule has 160 valence electrons. The molecule has 0 radical (unpaired) electrons. The average molecular weight is 418 g/mol. The molecule has 5 heterocycles. The van der Waals surface area contributed by atoms with Crippen LogP contribution in [0.1, 0.15) is 27.9 Å². The molecule has 1 aromatic heterocycles. The van der Waals surface area contributed by atoms with E-state index in [9.17, 15) is 9.59 Å². The maximum absolute atomic E-state index is 13.6. The predicted molar refractivity (Wildman–Crippen MR) is 113 cm³/mol. The molecule has 7 heteroatoms. The number of H-pyrrole nitrogens is 1. The summed E-state index contributed by atoms with van der Waals surface area (Å²) in [5.74, 6) is -0.832. The smallest absolute Gasteiger partial charge is 0.230 e. The minimum atomic E-state index is -0.668. The van der Waals surface area contributed by atoms with Gasteiger partial charge in [0, 0.05) is 37.3 Å². The van der Waals surface area contributed by atoms with Gasteiger partial charge in [-0.15, -0.1) is 0 Å². The molecule has 2 amide bonds. The molecule has 31 heavy (non-hydrogen) atoms. The van der Waals surface area contributed by atoms with Crippen molar-refractivity contribution in [1.82, 2.24) is 20.0 Å². The Morgan fingerprint density at radius 3 is 3.03 bits per heavy atom. The number of carbonyl (C=O) groups is 2. The summed E-state index contributed by atoms with van der Waals surface area (Å²) in [5, 5.41) is 7.11. The number of aryl methyl sites for hydroxylation is 2. The van der Waals surface area contributed by atoms with Gasteiger partial charge in [-0.3, -0.25) is 14.7 Å². The van der Waals surface area contributed by atoms with Crippen LogP contribution in [0.5, 0.6) is 0 Å². The van der Waals surface area contributed by atoms with Crippen LogP contribution < -0.4 is 0 Å². The van der Waals surface area contributed by atoms with Crippen molar-refractivity contribution in [1.29, 1.82) is 0 Å². The molecule has 2 saturated heterocycles. The van der Waals surface area contributed by atoms with E-state index in [2.05, 4.69) is 42.2 Å². The maximum atomic E-state index is 13.6. The van der Waals surface area contributed by atoms with Crippen LogP contribution in [0.2, 0.25) is 0 Å². The number of ether oxygens (including phenoxy) is 1. The molecular weight excluding hydrogens is 392 g/mol. The van der Waals surface area contributed by atoms with Gasteiger partial charge in [-0.2, -0.15) is 5.10 Å². The van der Waals surface area contributed by atoms with Gasteiger partial charge in [0.25, 0.3) is 0 Å². The second-order valence-corrected chi connectivity index (χ2v) is 9.40. The Labute approximate surface area is 181 Å². The zero-order valence-corrected chi connectivity index (χ0v) is 17.8. The number of nitrogens with one attached hydrogen (secondary N) is 1. The van der Waals surface area contributed by atoms with Crippen LogP contribution in [0, 0.1) is 25.7 Å². The van der Waals surface area contributed by atoms with Crippen LogP contribution in [0.15, 0.2) is 36.5 Å². The van der Waals surface area contributed by atoms with Crippen molar-refractivity contribution in [3.63, 3.8) is 0 Å². The van der Waals surface area contributed by atoms with Crippen LogP contribution in [0.4, 0.5) is 0 Å². The lowest BCUT2D eigenvalue weighted by Crippen LogP contribution is -2.47. The van der Waals surface area contributed by atoms with Gasteiger partial charge >= 0.3 is 0 Å². The summed E-state index contributed by atoms with van der Waals surface area (Å²) in [4.78, 5) is 30.8. The molecule has 4 atom stereocenters. The van der Waals surface area contributed by atoms with Crippen molar-refractivity contribution in [3.05, 3.63) is 64.5 Å². The average Bonchev–Trinajstić information content (AvgIpc) is 3.51. The van der Waals surface area contributed by atoms with Gasteiger partial charge in [0.05, 0.1) is 30.7 Å². The molecule has 2 aromatic rings. The van der Waals surface area contributed by atoms with Gasteiger partial charge in [0.1, 0.15) is 5.60 Å². The molecule has 0 saturated carbocycles. The molecule has 7 nitrogen and oxygen atoms in total. The third kappa shape index (κ3) is 2.72. The Morgan fingerprint density at radius 1 is 1.32 bits per heavy atom. The van der Waals surface area contributed by atoms with Crippen molar-refractivity contribution in [2.45, 2.75) is 45.1 Å². The fourth-order valence-corrected chi connectivity index (χ4v) is 5.74. The predicted octanol–water partition coefficient (Wildman–Crippen LogP) is 1.89. The van der Waals surface area contributed by atoms with Gasteiger partial charge in [-0.05, 0) is 30.5 Å². The Morgan fingerprint density at radius 2 is 2.19 bits per heavy atom. The molecular formula is C24H26N4O3. The van der Waals surface area contributed by atoms with Gasteiger partial charge in [0.2, 0.25) is 11.8 Å². The highest BCUT2D eigenvalue weighted by atomic mass is 16.5. The second kappa shape index (κ2) is 6.53. The van der Waals surface area contributed by atoms with Crippen LogP contribution in [-0.4, -0.2) is 56.6 Å². The molecule has 4 aliphatic rings. The first-order valence-electron chi connectivity index (χ1n) is 11.0. The zero-order valence-electron chi connectivity index (χ0n) is 17.8. The van der Waals surface area contributed by atoms with Crippen LogP contribution >= 0.6 is 0 Å². The van der Waals surface area contributed by atoms with E-state index in [1.807, 2.05) is 22.0 Å². The molecule has 6 rings (SSSR count). The largest absolute Gasteiger partial charge is 0.360 e. The first-order chi connectivity index (χ1) is 14.9. The summed E-state index contributed by atoms with van der Waals surface area (Å²) in [6.45, 7) is 6.41. The van der Waals surface area contributed by atoms with Crippen molar-refractivity contribution >= 4 is 11.8 Å². The lowest BCUT2D eigenvalue weighted by atomic mass is 9.76. The quantitative estimate of drug-likeness (QED) is 0.773. The molecule has 2 fully saturated rings. The fraction of sp³-hybridized carbons (Fsp3) is 0.458. The summed E-state index contributed by atoms with van der Waals surface area (Å²) in [6, 6.07) is 6.31. The van der Waals surface area contributed by atoms with Crippen LogP contribution in [-0.2, 0) is 33.8 Å². The number of hydrogen-bond acceptors (Lipinski definition) is 4. The van der Waals surface area contributed by atoms with E-state index in [0.717, 1.165) is 23.2 Å². The number of hydrogen-bond donors (Lipinski definition) is 1. The van der Waals surface area contributed by atoms with Gasteiger partial charge in [0.15, 0.2) is 0 Å². The molecule has 1 spiro atoms. The molecule has 4 aliphatic heterocycles. The fourth-order valence-electron chi connectivity index (χ4n) is 5.74. The monoisotopic (exact) mass is 418 g/mol. The Hall–Kier alpha value is -2.93. The summed E-state index contributed by atoms with van der Waals surface area (Å²) < 4.78 is 6.30. The molecule has 0 unspecified atom stereocenters. The van der Waals surface area contributed by atoms with Crippen molar-refractivity contribution < 1.29 is 14.3 Å². The third-order valence-corrected chi connectivity index (χ3v) is 7.52. The third-order valence-electron chi connectivity index (χ3n) is 7.52. The number of aromatic amines is 1. The number of likely N-dealkylation sites (tertiary alicyclic amines) is 1. The topological polar surface area (TPSA) is 78.5 Å². The molecule has 1 aromatic carbocycles. The lowest BCUT2D eigenvalue weighted by Gasteiger charge is -2.32. The number of benzene rings is 1. The van der Waals surface area contributed by atoms with Crippen molar-refractivity contribution in [2.75, 3.05) is 13.1 Å². The van der Waals surface area contributed by atoms with E-state index in [1.165, 1.54) is 11.1 Å². The SMILES string of the molecule is Cc1ccc(CN2C[C@]34C=C[C@H](O3)[C@H](C(=O)N3CCc5[nH]ncc5C3)[C@H]4C2=O)cc1C. The van der Waals surface area contributed by atoms with Gasteiger partial charge < -0.3 is 14.5 Å². The van der Waals surface area contributed by atoms with Crippen molar-refractivity contribution in [3.8, 4) is 0 Å². The lowest BCUT2D eigenvalue weighted by molar-refractivity contribution is -0.144. The number of nitrogens with zero attached hydrogens (tertiary/aromatic N) is 3. The minimum Gasteiger partial charge on any atom is -0.360 e. The van der Waals surface area contributed by atoms with Crippen molar-refractivity contribution in [2.24, 2.45) is 11.8 Å². The maximum Gasteiger partial charge on any atom is 0.230 e. The van der Waals surface area contributed by atoms with Gasteiger partial charge in [-0.25, -0.2) is 0 Å². The van der Waals surface area contributed by atoms with E-state index >= 15 is 0 Å². The highest BCUT2D eigenvalue weighted by Crippen LogP contribution is 2.52. The number of carbonyl (C=O) groups excluding carboxylic acids is 2. The summed E-state index contributed by atoms with van der Waals surface area (Å²) >= 11 is 0. The molecule has 1 N–H and O–H groups in total. The number of amides is 2. The normalized spacial score (nSPS) is 30.8. The van der Waals surface area contributed by atoms with E-state index in [0.29, 0.717) is 26.2 Å². The minimum absolute atomic E-state index is 0.0226.